The monoisotopic (exact) mass is 249 g/mol. The molecule has 1 aliphatic heterocycles. The Kier molecular flexibility index (Phi) is 2.72. The van der Waals surface area contributed by atoms with E-state index in [1.807, 2.05) is 0 Å². The largest absolute Gasteiger partial charge is 0.309 e. The van der Waals surface area contributed by atoms with E-state index in [0.717, 1.165) is 5.92 Å². The van der Waals surface area contributed by atoms with Crippen molar-refractivity contribution >= 4 is 12.4 Å². The summed E-state index contributed by atoms with van der Waals surface area (Å²) in [4.78, 5) is 0. The van der Waals surface area contributed by atoms with Crippen molar-refractivity contribution in [2.45, 2.75) is 44.1 Å². The molecule has 1 saturated carbocycles. The molecule has 1 N–H and O–H groups in total. The first-order valence-corrected chi connectivity index (χ1v) is 6.74. The fraction of sp³-hybridized carbons (Fsp3) is 0.600. The van der Waals surface area contributed by atoms with E-state index in [1.54, 1.807) is 11.1 Å². The number of rotatable bonds is 0. The van der Waals surface area contributed by atoms with E-state index in [-0.39, 0.29) is 12.4 Å². The summed E-state index contributed by atoms with van der Waals surface area (Å²) < 4.78 is 0. The Hall–Kier alpha value is -0.530. The van der Waals surface area contributed by atoms with Gasteiger partial charge in [-0.25, -0.2) is 0 Å². The standard InChI is InChI=1S/C15H19N.ClH/c1-2-6-12-11(5-1)13-7-3-4-8-15(13)9-10-16-14(12)15;/h1-2,5-6,13-14,16H,3-4,7-10H2;1H. The number of hydrogen-bond acceptors (Lipinski definition) is 1. The van der Waals surface area contributed by atoms with E-state index < -0.39 is 0 Å². The minimum absolute atomic E-state index is 0. The highest BCUT2D eigenvalue weighted by atomic mass is 35.5. The summed E-state index contributed by atoms with van der Waals surface area (Å²) in [7, 11) is 0. The van der Waals surface area contributed by atoms with Crippen LogP contribution in [-0.4, -0.2) is 6.54 Å². The number of hydrogen-bond donors (Lipinski definition) is 1. The van der Waals surface area contributed by atoms with Crippen LogP contribution in [0.1, 0.15) is 55.2 Å². The molecule has 1 saturated heterocycles. The van der Waals surface area contributed by atoms with Crippen LogP contribution in [0.4, 0.5) is 0 Å². The SMILES string of the molecule is Cl.c1ccc2c(c1)C1CCCCC13CCNC23. The van der Waals surface area contributed by atoms with Crippen molar-refractivity contribution < 1.29 is 0 Å². The van der Waals surface area contributed by atoms with Gasteiger partial charge in [-0.3, -0.25) is 0 Å². The summed E-state index contributed by atoms with van der Waals surface area (Å²) >= 11 is 0. The van der Waals surface area contributed by atoms with Crippen LogP contribution in [0.3, 0.4) is 0 Å². The molecule has 17 heavy (non-hydrogen) atoms. The zero-order valence-corrected chi connectivity index (χ0v) is 10.9. The quantitative estimate of drug-likeness (QED) is 0.738. The summed E-state index contributed by atoms with van der Waals surface area (Å²) in [6.07, 6.45) is 7.16. The first-order valence-electron chi connectivity index (χ1n) is 6.74. The van der Waals surface area contributed by atoms with Crippen LogP contribution < -0.4 is 5.32 Å². The predicted molar refractivity (Wildman–Crippen MR) is 72.7 cm³/mol. The molecule has 1 heterocycles. The smallest absolute Gasteiger partial charge is 0.0386 e. The van der Waals surface area contributed by atoms with Crippen molar-refractivity contribution in [2.24, 2.45) is 5.41 Å². The molecule has 0 amide bonds. The highest BCUT2D eigenvalue weighted by Crippen LogP contribution is 2.64. The lowest BCUT2D eigenvalue weighted by Crippen LogP contribution is -2.31. The first kappa shape index (κ1) is 11.6. The van der Waals surface area contributed by atoms with Gasteiger partial charge in [-0.05, 0) is 48.3 Å². The number of halogens is 1. The van der Waals surface area contributed by atoms with Gasteiger partial charge in [0, 0.05) is 6.04 Å². The highest BCUT2D eigenvalue weighted by molar-refractivity contribution is 5.85. The molecule has 92 valence electrons. The zero-order chi connectivity index (χ0) is 10.6. The Morgan fingerprint density at radius 2 is 1.88 bits per heavy atom. The van der Waals surface area contributed by atoms with Gasteiger partial charge in [0.15, 0.2) is 0 Å². The van der Waals surface area contributed by atoms with E-state index in [2.05, 4.69) is 29.6 Å². The molecule has 0 aromatic heterocycles. The van der Waals surface area contributed by atoms with Gasteiger partial charge in [0.1, 0.15) is 0 Å². The second-order valence-electron chi connectivity index (χ2n) is 5.80. The molecule has 1 spiro atoms. The zero-order valence-electron chi connectivity index (χ0n) is 10.1. The van der Waals surface area contributed by atoms with Crippen LogP contribution in [-0.2, 0) is 0 Å². The molecule has 4 rings (SSSR count). The summed E-state index contributed by atoms with van der Waals surface area (Å²) in [6.45, 7) is 1.23. The molecule has 0 radical (unpaired) electrons. The fourth-order valence-corrected chi connectivity index (χ4v) is 4.68. The van der Waals surface area contributed by atoms with E-state index in [1.165, 1.54) is 38.6 Å². The van der Waals surface area contributed by atoms with Crippen molar-refractivity contribution in [1.29, 1.82) is 0 Å². The third-order valence-corrected chi connectivity index (χ3v) is 5.28. The van der Waals surface area contributed by atoms with Crippen LogP contribution in [0.2, 0.25) is 0 Å². The van der Waals surface area contributed by atoms with Crippen molar-refractivity contribution in [2.75, 3.05) is 6.54 Å². The lowest BCUT2D eigenvalue weighted by molar-refractivity contribution is 0.151. The van der Waals surface area contributed by atoms with Gasteiger partial charge in [0.05, 0.1) is 0 Å². The molecule has 0 bridgehead atoms. The average molecular weight is 250 g/mol. The maximum absolute atomic E-state index is 3.76. The summed E-state index contributed by atoms with van der Waals surface area (Å²) in [5, 5.41) is 3.76. The minimum atomic E-state index is 0. The van der Waals surface area contributed by atoms with Gasteiger partial charge in [-0.15, -0.1) is 12.4 Å². The Balaban J connectivity index is 0.000000902. The normalized spacial score (nSPS) is 37.9. The van der Waals surface area contributed by atoms with Crippen LogP contribution in [0.25, 0.3) is 0 Å². The molecule has 1 aromatic rings. The predicted octanol–water partition coefficient (Wildman–Crippen LogP) is 3.80. The number of benzene rings is 1. The van der Waals surface area contributed by atoms with Crippen molar-refractivity contribution in [1.82, 2.24) is 5.32 Å². The Bertz CT molecular complexity index is 416. The Morgan fingerprint density at radius 1 is 1.06 bits per heavy atom. The molecule has 3 atom stereocenters. The van der Waals surface area contributed by atoms with Crippen molar-refractivity contribution in [3.05, 3.63) is 35.4 Å². The van der Waals surface area contributed by atoms with Gasteiger partial charge in [-0.2, -0.15) is 0 Å². The molecule has 2 aliphatic carbocycles. The van der Waals surface area contributed by atoms with Crippen LogP contribution >= 0.6 is 12.4 Å². The van der Waals surface area contributed by atoms with Gasteiger partial charge in [-0.1, -0.05) is 37.1 Å². The van der Waals surface area contributed by atoms with Crippen LogP contribution in [0, 0.1) is 5.41 Å². The number of nitrogens with one attached hydrogen (secondary N) is 1. The lowest BCUT2D eigenvalue weighted by atomic mass is 9.65. The molecular formula is C15H20ClN. The molecule has 1 aromatic carbocycles. The van der Waals surface area contributed by atoms with Crippen molar-refractivity contribution in [3.63, 3.8) is 0 Å². The van der Waals surface area contributed by atoms with Gasteiger partial charge in [0.2, 0.25) is 0 Å². The summed E-state index contributed by atoms with van der Waals surface area (Å²) in [5.74, 6) is 0.859. The van der Waals surface area contributed by atoms with Gasteiger partial charge in [0.25, 0.3) is 0 Å². The third-order valence-electron chi connectivity index (χ3n) is 5.28. The lowest BCUT2D eigenvalue weighted by Gasteiger charge is -2.39. The molecule has 1 nitrogen and oxygen atoms in total. The third kappa shape index (κ3) is 1.36. The molecule has 2 fully saturated rings. The average Bonchev–Trinajstić information content (AvgIpc) is 2.83. The van der Waals surface area contributed by atoms with Gasteiger partial charge >= 0.3 is 0 Å². The maximum atomic E-state index is 3.76. The Morgan fingerprint density at radius 3 is 2.76 bits per heavy atom. The molecular weight excluding hydrogens is 230 g/mol. The second kappa shape index (κ2) is 4.00. The minimum Gasteiger partial charge on any atom is -0.309 e. The molecule has 3 aliphatic rings. The molecule has 2 heteroatoms. The number of fused-ring (bicyclic) bond motifs is 3. The van der Waals surface area contributed by atoms with Crippen molar-refractivity contribution in [3.8, 4) is 0 Å². The van der Waals surface area contributed by atoms with E-state index in [0.29, 0.717) is 11.5 Å². The summed E-state index contributed by atoms with van der Waals surface area (Å²) in [6, 6.07) is 9.85. The van der Waals surface area contributed by atoms with E-state index >= 15 is 0 Å². The second-order valence-corrected chi connectivity index (χ2v) is 5.80. The maximum Gasteiger partial charge on any atom is 0.0386 e. The first-order chi connectivity index (χ1) is 7.92. The fourth-order valence-electron chi connectivity index (χ4n) is 4.68. The summed E-state index contributed by atoms with van der Waals surface area (Å²) in [5.41, 5.74) is 3.88. The molecule has 3 unspecified atom stereocenters. The highest BCUT2D eigenvalue weighted by Gasteiger charge is 2.55. The van der Waals surface area contributed by atoms with E-state index in [9.17, 15) is 0 Å². The Labute approximate surface area is 109 Å². The van der Waals surface area contributed by atoms with E-state index in [4.69, 9.17) is 0 Å². The van der Waals surface area contributed by atoms with Gasteiger partial charge < -0.3 is 5.32 Å². The van der Waals surface area contributed by atoms with Crippen LogP contribution in [0.5, 0.6) is 0 Å². The van der Waals surface area contributed by atoms with Crippen LogP contribution in [0.15, 0.2) is 24.3 Å². The topological polar surface area (TPSA) is 12.0 Å².